The standard InChI is InChI=1S/C19H16ClN3O3/c1-12-17(18(22-26-12)14-6-2-3-7-15(14)20)19(24)23-10-13(11-23)25-16-8-4-5-9-21-16/h2-9,13H,10-11H2,1H3. The number of carbonyl (C=O) groups is 1. The highest BCUT2D eigenvalue weighted by Crippen LogP contribution is 2.32. The number of hydrogen-bond donors (Lipinski definition) is 0. The van der Waals surface area contributed by atoms with E-state index in [0.29, 0.717) is 46.6 Å². The number of pyridine rings is 1. The van der Waals surface area contributed by atoms with Crippen LogP contribution in [-0.4, -0.2) is 40.1 Å². The van der Waals surface area contributed by atoms with Gasteiger partial charge >= 0.3 is 0 Å². The lowest BCUT2D eigenvalue weighted by atomic mass is 10.0. The van der Waals surface area contributed by atoms with Crippen molar-refractivity contribution in [1.29, 1.82) is 0 Å². The molecule has 1 aliphatic heterocycles. The van der Waals surface area contributed by atoms with Crippen molar-refractivity contribution >= 4 is 17.5 Å². The van der Waals surface area contributed by atoms with Crippen LogP contribution in [0.2, 0.25) is 5.02 Å². The summed E-state index contributed by atoms with van der Waals surface area (Å²) in [4.78, 5) is 18.8. The average Bonchev–Trinajstić information content (AvgIpc) is 3.00. The first kappa shape index (κ1) is 16.6. The van der Waals surface area contributed by atoms with Crippen LogP contribution in [0.15, 0.2) is 53.2 Å². The van der Waals surface area contributed by atoms with Crippen LogP contribution in [0.3, 0.4) is 0 Å². The third kappa shape index (κ3) is 3.04. The van der Waals surface area contributed by atoms with Crippen molar-refractivity contribution in [1.82, 2.24) is 15.0 Å². The van der Waals surface area contributed by atoms with Crippen LogP contribution in [-0.2, 0) is 0 Å². The molecule has 1 fully saturated rings. The van der Waals surface area contributed by atoms with Crippen molar-refractivity contribution in [2.45, 2.75) is 13.0 Å². The van der Waals surface area contributed by atoms with Crippen LogP contribution in [0.5, 0.6) is 5.88 Å². The maximum absolute atomic E-state index is 12.9. The smallest absolute Gasteiger partial charge is 0.260 e. The van der Waals surface area contributed by atoms with Gasteiger partial charge in [0.05, 0.1) is 18.1 Å². The van der Waals surface area contributed by atoms with Crippen molar-refractivity contribution in [3.63, 3.8) is 0 Å². The predicted molar refractivity (Wildman–Crippen MR) is 96.2 cm³/mol. The van der Waals surface area contributed by atoms with Gasteiger partial charge in [-0.15, -0.1) is 0 Å². The molecule has 2 aromatic heterocycles. The van der Waals surface area contributed by atoms with Gasteiger partial charge in [-0.1, -0.05) is 41.0 Å². The lowest BCUT2D eigenvalue weighted by Crippen LogP contribution is -2.56. The van der Waals surface area contributed by atoms with Crippen molar-refractivity contribution in [3.05, 3.63) is 65.0 Å². The average molecular weight is 370 g/mol. The molecule has 3 heterocycles. The molecule has 6 nitrogen and oxygen atoms in total. The molecule has 132 valence electrons. The Labute approximate surface area is 155 Å². The van der Waals surface area contributed by atoms with Crippen LogP contribution >= 0.6 is 11.6 Å². The van der Waals surface area contributed by atoms with Crippen LogP contribution in [0.4, 0.5) is 0 Å². The normalized spacial score (nSPS) is 14.2. The van der Waals surface area contributed by atoms with E-state index in [1.165, 1.54) is 0 Å². The summed E-state index contributed by atoms with van der Waals surface area (Å²) in [5, 5.41) is 4.57. The van der Waals surface area contributed by atoms with E-state index in [4.69, 9.17) is 20.9 Å². The second-order valence-electron chi connectivity index (χ2n) is 6.06. The number of aromatic nitrogens is 2. The zero-order valence-electron chi connectivity index (χ0n) is 14.1. The number of benzene rings is 1. The minimum atomic E-state index is -0.139. The summed E-state index contributed by atoms with van der Waals surface area (Å²) in [6, 6.07) is 12.7. The molecule has 0 N–H and O–H groups in total. The van der Waals surface area contributed by atoms with Crippen LogP contribution in [0.25, 0.3) is 11.3 Å². The van der Waals surface area contributed by atoms with Gasteiger partial charge in [-0.05, 0) is 19.1 Å². The Kier molecular flexibility index (Phi) is 4.34. The van der Waals surface area contributed by atoms with E-state index in [0.717, 1.165) is 0 Å². The Bertz CT molecular complexity index is 936. The Morgan fingerprint density at radius 3 is 2.73 bits per heavy atom. The molecule has 0 aliphatic carbocycles. The van der Waals surface area contributed by atoms with E-state index in [9.17, 15) is 4.79 Å². The molecule has 1 amide bonds. The topological polar surface area (TPSA) is 68.5 Å². The van der Waals surface area contributed by atoms with Gasteiger partial charge in [0.2, 0.25) is 5.88 Å². The zero-order valence-corrected chi connectivity index (χ0v) is 14.8. The predicted octanol–water partition coefficient (Wildman–Crippen LogP) is 3.60. The van der Waals surface area contributed by atoms with E-state index < -0.39 is 0 Å². The maximum Gasteiger partial charge on any atom is 0.260 e. The molecule has 1 aromatic carbocycles. The molecule has 4 rings (SSSR count). The monoisotopic (exact) mass is 369 g/mol. The number of carbonyl (C=O) groups excluding carboxylic acids is 1. The summed E-state index contributed by atoms with van der Waals surface area (Å²) in [7, 11) is 0. The fourth-order valence-electron chi connectivity index (χ4n) is 2.89. The number of hydrogen-bond acceptors (Lipinski definition) is 5. The number of rotatable bonds is 4. The molecule has 0 atom stereocenters. The molecule has 0 bridgehead atoms. The molecule has 0 saturated carbocycles. The summed E-state index contributed by atoms with van der Waals surface area (Å²) in [5.41, 5.74) is 1.58. The maximum atomic E-state index is 12.9. The van der Waals surface area contributed by atoms with E-state index in [-0.39, 0.29) is 12.0 Å². The van der Waals surface area contributed by atoms with Gasteiger partial charge in [0.15, 0.2) is 0 Å². The van der Waals surface area contributed by atoms with E-state index >= 15 is 0 Å². The molecule has 1 saturated heterocycles. The van der Waals surface area contributed by atoms with Gasteiger partial charge in [0, 0.05) is 17.8 Å². The summed E-state index contributed by atoms with van der Waals surface area (Å²) in [5.74, 6) is 0.890. The quantitative estimate of drug-likeness (QED) is 0.702. The fourth-order valence-corrected chi connectivity index (χ4v) is 3.11. The molecule has 0 unspecified atom stereocenters. The molecule has 0 radical (unpaired) electrons. The van der Waals surface area contributed by atoms with Gasteiger partial charge in [0.1, 0.15) is 23.1 Å². The minimum absolute atomic E-state index is 0.0715. The molecule has 26 heavy (non-hydrogen) atoms. The van der Waals surface area contributed by atoms with Crippen molar-refractivity contribution in [2.75, 3.05) is 13.1 Å². The second-order valence-corrected chi connectivity index (χ2v) is 6.47. The number of nitrogens with zero attached hydrogens (tertiary/aromatic N) is 3. The van der Waals surface area contributed by atoms with Crippen LogP contribution in [0.1, 0.15) is 16.1 Å². The van der Waals surface area contributed by atoms with E-state index in [1.54, 1.807) is 30.2 Å². The first-order valence-electron chi connectivity index (χ1n) is 8.21. The molecule has 3 aromatic rings. The Hall–Kier alpha value is -2.86. The SMILES string of the molecule is Cc1onc(-c2ccccc2Cl)c1C(=O)N1CC(Oc2ccccn2)C1. The Balaban J connectivity index is 1.50. The second kappa shape index (κ2) is 6.80. The third-order valence-corrected chi connectivity index (χ3v) is 4.60. The lowest BCUT2D eigenvalue weighted by molar-refractivity contribution is 0.0159. The number of likely N-dealkylation sites (tertiary alicyclic amines) is 1. The van der Waals surface area contributed by atoms with Gasteiger partial charge in [-0.25, -0.2) is 4.98 Å². The number of amides is 1. The number of halogens is 1. The highest BCUT2D eigenvalue weighted by Gasteiger charge is 2.36. The van der Waals surface area contributed by atoms with E-state index in [2.05, 4.69) is 10.1 Å². The van der Waals surface area contributed by atoms with Crippen LogP contribution < -0.4 is 4.74 Å². The van der Waals surface area contributed by atoms with Crippen molar-refractivity contribution in [3.8, 4) is 17.1 Å². The van der Waals surface area contributed by atoms with Gasteiger partial charge in [0.25, 0.3) is 5.91 Å². The van der Waals surface area contributed by atoms with Gasteiger partial charge in [-0.3, -0.25) is 4.79 Å². The Morgan fingerprint density at radius 2 is 2.00 bits per heavy atom. The van der Waals surface area contributed by atoms with Crippen molar-refractivity contribution < 1.29 is 14.1 Å². The van der Waals surface area contributed by atoms with Gasteiger partial charge < -0.3 is 14.2 Å². The fraction of sp³-hybridized carbons (Fsp3) is 0.211. The largest absolute Gasteiger partial charge is 0.471 e. The first-order valence-corrected chi connectivity index (χ1v) is 8.59. The molecule has 1 aliphatic rings. The van der Waals surface area contributed by atoms with Crippen LogP contribution in [0, 0.1) is 6.92 Å². The Morgan fingerprint density at radius 1 is 1.23 bits per heavy atom. The minimum Gasteiger partial charge on any atom is -0.471 e. The van der Waals surface area contributed by atoms with E-state index in [1.807, 2.05) is 30.3 Å². The zero-order chi connectivity index (χ0) is 18.1. The summed E-state index contributed by atoms with van der Waals surface area (Å²) >= 11 is 6.25. The highest BCUT2D eigenvalue weighted by molar-refractivity contribution is 6.33. The highest BCUT2D eigenvalue weighted by atomic mass is 35.5. The summed E-state index contributed by atoms with van der Waals surface area (Å²) in [6.45, 7) is 2.70. The molecular formula is C19H16ClN3O3. The molecule has 7 heteroatoms. The number of ether oxygens (including phenoxy) is 1. The summed E-state index contributed by atoms with van der Waals surface area (Å²) < 4.78 is 11.0. The lowest BCUT2D eigenvalue weighted by Gasteiger charge is -2.38. The first-order chi connectivity index (χ1) is 12.6. The summed E-state index contributed by atoms with van der Waals surface area (Å²) in [6.07, 6.45) is 1.60. The molecule has 0 spiro atoms. The third-order valence-electron chi connectivity index (χ3n) is 4.27. The molecular weight excluding hydrogens is 354 g/mol. The number of aryl methyl sites for hydroxylation is 1. The van der Waals surface area contributed by atoms with Gasteiger partial charge in [-0.2, -0.15) is 0 Å². The van der Waals surface area contributed by atoms with Crippen molar-refractivity contribution in [2.24, 2.45) is 0 Å².